The van der Waals surface area contributed by atoms with E-state index in [-0.39, 0.29) is 0 Å². The van der Waals surface area contributed by atoms with Crippen LogP contribution in [-0.2, 0) is 0 Å². The van der Waals surface area contributed by atoms with Crippen molar-refractivity contribution >= 4 is 0 Å². The van der Waals surface area contributed by atoms with Gasteiger partial charge in [0.25, 0.3) is 0 Å². The number of methoxy groups -OCH3 is 1. The zero-order chi connectivity index (χ0) is 13.8. The summed E-state index contributed by atoms with van der Waals surface area (Å²) in [6, 6.07) is 9.29. The first-order chi connectivity index (χ1) is 9.15. The van der Waals surface area contributed by atoms with Gasteiger partial charge in [0.2, 0.25) is 0 Å². The Bertz CT molecular complexity index is 388. The molecule has 2 N–H and O–H groups in total. The molecule has 0 radical (unpaired) electrons. The van der Waals surface area contributed by atoms with Crippen LogP contribution in [0.2, 0.25) is 0 Å². The van der Waals surface area contributed by atoms with E-state index < -0.39 is 0 Å². The van der Waals surface area contributed by atoms with Crippen LogP contribution in [0.15, 0.2) is 24.3 Å². The summed E-state index contributed by atoms with van der Waals surface area (Å²) < 4.78 is 5.23. The third kappa shape index (κ3) is 3.28. The number of rotatable bonds is 5. The van der Waals surface area contributed by atoms with Crippen molar-refractivity contribution in [1.82, 2.24) is 4.90 Å². The molecule has 19 heavy (non-hydrogen) atoms. The summed E-state index contributed by atoms with van der Waals surface area (Å²) in [5, 5.41) is 0. The van der Waals surface area contributed by atoms with E-state index in [0.717, 1.165) is 25.3 Å². The Kier molecular flexibility index (Phi) is 4.83. The highest BCUT2D eigenvalue weighted by molar-refractivity contribution is 5.29. The first-order valence-electron chi connectivity index (χ1n) is 7.29. The highest BCUT2D eigenvalue weighted by Crippen LogP contribution is 2.31. The van der Waals surface area contributed by atoms with Gasteiger partial charge in [-0.15, -0.1) is 0 Å². The monoisotopic (exact) mass is 262 g/mol. The summed E-state index contributed by atoms with van der Waals surface area (Å²) in [5.41, 5.74) is 7.42. The molecule has 1 aromatic rings. The average Bonchev–Trinajstić information content (AvgIpc) is 2.90. The second-order valence-electron chi connectivity index (χ2n) is 5.60. The van der Waals surface area contributed by atoms with Gasteiger partial charge in [-0.3, -0.25) is 4.90 Å². The van der Waals surface area contributed by atoms with E-state index >= 15 is 0 Å². The smallest absolute Gasteiger partial charge is 0.118 e. The summed E-state index contributed by atoms with van der Waals surface area (Å²) in [7, 11) is 1.71. The third-order valence-electron chi connectivity index (χ3n) is 4.33. The largest absolute Gasteiger partial charge is 0.497 e. The van der Waals surface area contributed by atoms with Gasteiger partial charge in [0.05, 0.1) is 7.11 Å². The minimum absolute atomic E-state index is 0.304. The Hall–Kier alpha value is -1.06. The number of likely N-dealkylation sites (tertiary alicyclic amines) is 1. The average molecular weight is 262 g/mol. The third-order valence-corrected chi connectivity index (χ3v) is 4.33. The van der Waals surface area contributed by atoms with Crippen molar-refractivity contribution in [3.05, 3.63) is 29.8 Å². The Labute approximate surface area is 116 Å². The van der Waals surface area contributed by atoms with E-state index in [9.17, 15) is 0 Å². The van der Waals surface area contributed by atoms with E-state index in [2.05, 4.69) is 43.0 Å². The van der Waals surface area contributed by atoms with E-state index in [1.165, 1.54) is 12.0 Å². The standard InChI is InChI=1S/C16H26N2O/c1-4-16(13-5-7-15(19-3)8-6-13)18-10-9-14(11-18)12(2)17/h5-8,12,14,16H,4,9-11,17H2,1-3H3. The van der Waals surface area contributed by atoms with Gasteiger partial charge >= 0.3 is 0 Å². The Balaban J connectivity index is 2.07. The molecule has 1 aliphatic heterocycles. The lowest BCUT2D eigenvalue weighted by molar-refractivity contribution is 0.226. The molecule has 2 rings (SSSR count). The predicted molar refractivity (Wildman–Crippen MR) is 79.4 cm³/mol. The number of hydrogen-bond acceptors (Lipinski definition) is 3. The maximum Gasteiger partial charge on any atom is 0.118 e. The zero-order valence-corrected chi connectivity index (χ0v) is 12.3. The maximum absolute atomic E-state index is 6.03. The Morgan fingerprint density at radius 2 is 2.05 bits per heavy atom. The van der Waals surface area contributed by atoms with Crippen molar-refractivity contribution in [3.8, 4) is 5.75 Å². The molecule has 0 amide bonds. The van der Waals surface area contributed by atoms with E-state index in [1.54, 1.807) is 7.11 Å². The molecule has 0 spiro atoms. The number of ether oxygens (including phenoxy) is 1. The summed E-state index contributed by atoms with van der Waals surface area (Å²) >= 11 is 0. The highest BCUT2D eigenvalue weighted by atomic mass is 16.5. The van der Waals surface area contributed by atoms with Crippen LogP contribution in [0.1, 0.15) is 38.3 Å². The molecule has 0 bridgehead atoms. The van der Waals surface area contributed by atoms with Gasteiger partial charge in [0.1, 0.15) is 5.75 Å². The van der Waals surface area contributed by atoms with Crippen LogP contribution in [0, 0.1) is 5.92 Å². The topological polar surface area (TPSA) is 38.5 Å². The van der Waals surface area contributed by atoms with Gasteiger partial charge in [-0.05, 0) is 49.9 Å². The lowest BCUT2D eigenvalue weighted by Crippen LogP contribution is -2.31. The number of hydrogen-bond donors (Lipinski definition) is 1. The van der Waals surface area contributed by atoms with Crippen LogP contribution in [0.4, 0.5) is 0 Å². The quantitative estimate of drug-likeness (QED) is 0.887. The molecule has 3 unspecified atom stereocenters. The molecule has 0 saturated carbocycles. The fourth-order valence-corrected chi connectivity index (χ4v) is 3.06. The molecule has 1 aromatic carbocycles. The summed E-state index contributed by atoms with van der Waals surface area (Å²) in [4.78, 5) is 2.58. The van der Waals surface area contributed by atoms with Gasteiger partial charge in [-0.1, -0.05) is 19.1 Å². The summed E-state index contributed by atoms with van der Waals surface area (Å²) in [6.45, 7) is 6.68. The van der Waals surface area contributed by atoms with E-state index in [1.807, 2.05) is 0 Å². The van der Waals surface area contributed by atoms with Gasteiger partial charge in [0.15, 0.2) is 0 Å². The second kappa shape index (κ2) is 6.40. The molecule has 3 heteroatoms. The molecule has 0 aliphatic carbocycles. The minimum atomic E-state index is 0.304. The SMILES string of the molecule is CCC(c1ccc(OC)cc1)N1CCC(C(C)N)C1. The van der Waals surface area contributed by atoms with Crippen molar-refractivity contribution in [2.45, 2.75) is 38.8 Å². The molecule has 1 saturated heterocycles. The van der Waals surface area contributed by atoms with Gasteiger partial charge in [-0.2, -0.15) is 0 Å². The zero-order valence-electron chi connectivity index (χ0n) is 12.3. The minimum Gasteiger partial charge on any atom is -0.497 e. The van der Waals surface area contributed by atoms with Crippen LogP contribution < -0.4 is 10.5 Å². The molecular weight excluding hydrogens is 236 g/mol. The second-order valence-corrected chi connectivity index (χ2v) is 5.60. The van der Waals surface area contributed by atoms with Crippen molar-refractivity contribution in [2.75, 3.05) is 20.2 Å². The molecule has 106 valence electrons. The fourth-order valence-electron chi connectivity index (χ4n) is 3.06. The first-order valence-corrected chi connectivity index (χ1v) is 7.29. The van der Waals surface area contributed by atoms with Crippen molar-refractivity contribution in [3.63, 3.8) is 0 Å². The molecule has 1 heterocycles. The van der Waals surface area contributed by atoms with Crippen LogP contribution in [0.3, 0.4) is 0 Å². The molecule has 3 nitrogen and oxygen atoms in total. The van der Waals surface area contributed by atoms with Gasteiger partial charge < -0.3 is 10.5 Å². The Morgan fingerprint density at radius 3 is 2.53 bits per heavy atom. The Morgan fingerprint density at radius 1 is 1.37 bits per heavy atom. The number of nitrogens with two attached hydrogens (primary N) is 1. The van der Waals surface area contributed by atoms with Crippen LogP contribution in [-0.4, -0.2) is 31.1 Å². The normalized spacial score (nSPS) is 23.3. The van der Waals surface area contributed by atoms with Crippen LogP contribution in [0.5, 0.6) is 5.75 Å². The number of benzene rings is 1. The molecule has 3 atom stereocenters. The van der Waals surface area contributed by atoms with Gasteiger partial charge in [-0.25, -0.2) is 0 Å². The molecular formula is C16H26N2O. The highest BCUT2D eigenvalue weighted by Gasteiger charge is 2.29. The summed E-state index contributed by atoms with van der Waals surface area (Å²) in [6.07, 6.45) is 2.36. The molecule has 1 fully saturated rings. The molecule has 1 aliphatic rings. The van der Waals surface area contributed by atoms with Crippen molar-refractivity contribution in [2.24, 2.45) is 11.7 Å². The van der Waals surface area contributed by atoms with Crippen molar-refractivity contribution < 1.29 is 4.74 Å². The summed E-state index contributed by atoms with van der Waals surface area (Å²) in [5.74, 6) is 1.57. The lowest BCUT2D eigenvalue weighted by Gasteiger charge is -2.28. The van der Waals surface area contributed by atoms with Crippen molar-refractivity contribution in [1.29, 1.82) is 0 Å². The van der Waals surface area contributed by atoms with Gasteiger partial charge in [0, 0.05) is 18.6 Å². The van der Waals surface area contributed by atoms with Crippen LogP contribution >= 0.6 is 0 Å². The van der Waals surface area contributed by atoms with E-state index in [4.69, 9.17) is 10.5 Å². The predicted octanol–water partition coefficient (Wildman–Crippen LogP) is 2.82. The molecule has 0 aromatic heterocycles. The number of nitrogens with zero attached hydrogens (tertiary/aromatic N) is 1. The fraction of sp³-hybridized carbons (Fsp3) is 0.625. The van der Waals surface area contributed by atoms with E-state index in [0.29, 0.717) is 18.0 Å². The van der Waals surface area contributed by atoms with Crippen LogP contribution in [0.25, 0.3) is 0 Å². The maximum atomic E-state index is 6.03. The lowest BCUT2D eigenvalue weighted by atomic mass is 10.0. The first kappa shape index (κ1) is 14.4.